The molecule has 0 radical (unpaired) electrons. The van der Waals surface area contributed by atoms with Crippen molar-refractivity contribution in [3.63, 3.8) is 0 Å². The van der Waals surface area contributed by atoms with E-state index in [0.29, 0.717) is 44.0 Å². The molecule has 1 atom stereocenters. The summed E-state index contributed by atoms with van der Waals surface area (Å²) in [6.07, 6.45) is 2.81. The smallest absolute Gasteiger partial charge is 0.328 e. The number of nitrogens with zero attached hydrogens (tertiary/aromatic N) is 3. The molecule has 1 spiro atoms. The van der Waals surface area contributed by atoms with Crippen LogP contribution < -0.4 is 10.1 Å². The highest BCUT2D eigenvalue weighted by Crippen LogP contribution is 2.40. The van der Waals surface area contributed by atoms with Gasteiger partial charge in [-0.1, -0.05) is 41.9 Å². The lowest BCUT2D eigenvalue weighted by Crippen LogP contribution is -2.50. The van der Waals surface area contributed by atoms with Gasteiger partial charge in [0.2, 0.25) is 5.88 Å². The molecular formula is C26H31ClN4O5. The Bertz CT molecular complexity index is 1100. The quantitative estimate of drug-likeness (QED) is 0.469. The summed E-state index contributed by atoms with van der Waals surface area (Å²) < 4.78 is 10.0. The average molecular weight is 515 g/mol. The van der Waals surface area contributed by atoms with Gasteiger partial charge in [-0.2, -0.15) is 0 Å². The summed E-state index contributed by atoms with van der Waals surface area (Å²) in [5, 5.41) is 3.07. The van der Waals surface area contributed by atoms with Crippen molar-refractivity contribution >= 4 is 29.5 Å². The van der Waals surface area contributed by atoms with E-state index in [1.807, 2.05) is 35.2 Å². The van der Waals surface area contributed by atoms with Gasteiger partial charge in [0.15, 0.2) is 0 Å². The maximum absolute atomic E-state index is 13.1. The van der Waals surface area contributed by atoms with Gasteiger partial charge in [-0.25, -0.2) is 14.6 Å². The molecule has 3 amide bonds. The molecule has 0 aliphatic carbocycles. The fourth-order valence-corrected chi connectivity index (χ4v) is 5.21. The molecule has 1 aromatic heterocycles. The van der Waals surface area contributed by atoms with Gasteiger partial charge in [0.05, 0.1) is 14.2 Å². The van der Waals surface area contributed by atoms with E-state index in [1.165, 1.54) is 14.2 Å². The van der Waals surface area contributed by atoms with Crippen LogP contribution in [0.4, 0.5) is 4.79 Å². The summed E-state index contributed by atoms with van der Waals surface area (Å²) in [7, 11) is 2.80. The molecule has 9 nitrogen and oxygen atoms in total. The molecule has 0 bridgehead atoms. The number of halogens is 1. The van der Waals surface area contributed by atoms with Crippen molar-refractivity contribution in [1.82, 2.24) is 20.1 Å². The first-order chi connectivity index (χ1) is 17.3. The average Bonchev–Trinajstić information content (AvgIpc) is 3.31. The minimum Gasteiger partial charge on any atom is -0.481 e. The van der Waals surface area contributed by atoms with Crippen molar-refractivity contribution in [1.29, 1.82) is 0 Å². The zero-order valence-electron chi connectivity index (χ0n) is 20.5. The van der Waals surface area contributed by atoms with E-state index >= 15 is 0 Å². The van der Waals surface area contributed by atoms with Gasteiger partial charge in [0, 0.05) is 44.2 Å². The van der Waals surface area contributed by atoms with E-state index in [9.17, 15) is 14.4 Å². The third-order valence-corrected chi connectivity index (χ3v) is 7.32. The Hall–Kier alpha value is -3.33. The summed E-state index contributed by atoms with van der Waals surface area (Å²) in [4.78, 5) is 46.0. The Balaban J connectivity index is 1.34. The number of pyridine rings is 1. The van der Waals surface area contributed by atoms with E-state index in [-0.39, 0.29) is 22.5 Å². The molecule has 0 saturated carbocycles. The molecular weight excluding hydrogens is 484 g/mol. The summed E-state index contributed by atoms with van der Waals surface area (Å²) in [6, 6.07) is 11.6. The second-order valence-electron chi connectivity index (χ2n) is 9.40. The van der Waals surface area contributed by atoms with Gasteiger partial charge in [-0.05, 0) is 36.3 Å². The third-order valence-electron chi connectivity index (χ3n) is 7.13. The highest BCUT2D eigenvalue weighted by atomic mass is 35.5. The summed E-state index contributed by atoms with van der Waals surface area (Å²) in [5.74, 6) is -0.281. The number of ether oxygens (including phenoxy) is 2. The number of piperidine rings is 1. The molecule has 1 N–H and O–H groups in total. The lowest BCUT2D eigenvalue weighted by Gasteiger charge is -2.39. The molecule has 2 aromatic rings. The number of carbonyl (C=O) groups excluding carboxylic acids is 3. The first kappa shape index (κ1) is 25.8. The number of hydrogen-bond acceptors (Lipinski definition) is 6. The Kier molecular flexibility index (Phi) is 7.98. The van der Waals surface area contributed by atoms with Crippen molar-refractivity contribution < 1.29 is 23.9 Å². The zero-order chi connectivity index (χ0) is 25.7. The van der Waals surface area contributed by atoms with Crippen molar-refractivity contribution in [2.24, 2.45) is 5.41 Å². The second kappa shape index (κ2) is 11.2. The van der Waals surface area contributed by atoms with Crippen molar-refractivity contribution in [3.8, 4) is 5.88 Å². The molecule has 2 aliphatic rings. The van der Waals surface area contributed by atoms with Crippen molar-refractivity contribution in [2.45, 2.75) is 31.7 Å². The number of carbonyl (C=O) groups is 3. The van der Waals surface area contributed by atoms with E-state index in [1.54, 1.807) is 17.0 Å². The van der Waals surface area contributed by atoms with Crippen LogP contribution in [0.1, 0.15) is 35.2 Å². The number of nitrogens with one attached hydrogen (secondary N) is 1. The van der Waals surface area contributed by atoms with Gasteiger partial charge < -0.3 is 24.6 Å². The zero-order valence-corrected chi connectivity index (χ0v) is 21.3. The predicted octanol–water partition coefficient (Wildman–Crippen LogP) is 3.17. The first-order valence-electron chi connectivity index (χ1n) is 12.0. The number of aromatic nitrogens is 1. The van der Waals surface area contributed by atoms with Crippen LogP contribution >= 0.6 is 11.6 Å². The molecule has 2 aliphatic heterocycles. The van der Waals surface area contributed by atoms with Crippen LogP contribution in [-0.2, 0) is 16.0 Å². The van der Waals surface area contributed by atoms with Crippen molar-refractivity contribution in [2.75, 3.05) is 40.4 Å². The van der Waals surface area contributed by atoms with Gasteiger partial charge >= 0.3 is 12.0 Å². The Morgan fingerprint density at radius 1 is 1.06 bits per heavy atom. The molecule has 1 aromatic carbocycles. The summed E-state index contributed by atoms with van der Waals surface area (Å²) in [6.45, 7) is 2.38. The number of urea groups is 1. The van der Waals surface area contributed by atoms with Crippen LogP contribution in [0.5, 0.6) is 5.88 Å². The van der Waals surface area contributed by atoms with Crippen LogP contribution in [0.2, 0.25) is 5.15 Å². The number of methoxy groups -OCH3 is 2. The highest BCUT2D eigenvalue weighted by molar-refractivity contribution is 6.29. The predicted molar refractivity (Wildman–Crippen MR) is 134 cm³/mol. The Morgan fingerprint density at radius 2 is 1.72 bits per heavy atom. The lowest BCUT2D eigenvalue weighted by atomic mass is 9.77. The van der Waals surface area contributed by atoms with Crippen LogP contribution in [-0.4, -0.2) is 79.1 Å². The second-order valence-corrected chi connectivity index (χ2v) is 9.79. The molecule has 10 heteroatoms. The molecule has 2 saturated heterocycles. The Labute approximate surface area is 215 Å². The van der Waals surface area contributed by atoms with E-state index in [0.717, 1.165) is 24.8 Å². The number of benzene rings is 1. The van der Waals surface area contributed by atoms with E-state index < -0.39 is 12.0 Å². The molecule has 2 fully saturated rings. The number of esters is 1. The standard InChI is InChI=1S/C26H31ClN4O5/c1-35-22-16-19(15-21(27)29-22)23(32)30-11-8-26(9-12-30)10-13-31(17-26)25(34)28-20(24(33)36-2)14-18-6-4-3-5-7-18/h3-7,15-16,20H,8-14,17H2,1-2H3,(H,28,34). The normalized spacial score (nSPS) is 17.5. The minimum absolute atomic E-state index is 0.0398. The fraction of sp³-hybridized carbons (Fsp3) is 0.462. The maximum atomic E-state index is 13.1. The van der Waals surface area contributed by atoms with Crippen molar-refractivity contribution in [3.05, 3.63) is 58.7 Å². The number of likely N-dealkylation sites (tertiary alicyclic amines) is 2. The summed E-state index contributed by atoms with van der Waals surface area (Å²) >= 11 is 6.03. The largest absolute Gasteiger partial charge is 0.481 e. The maximum Gasteiger partial charge on any atom is 0.328 e. The van der Waals surface area contributed by atoms with Gasteiger partial charge in [-0.3, -0.25) is 4.79 Å². The lowest BCUT2D eigenvalue weighted by molar-refractivity contribution is -0.142. The van der Waals surface area contributed by atoms with Crippen LogP contribution in [0.3, 0.4) is 0 Å². The number of amides is 3. The van der Waals surface area contributed by atoms with Gasteiger partial charge in [0.1, 0.15) is 11.2 Å². The number of rotatable bonds is 6. The minimum atomic E-state index is -0.759. The van der Waals surface area contributed by atoms with Crippen LogP contribution in [0, 0.1) is 5.41 Å². The molecule has 36 heavy (non-hydrogen) atoms. The SMILES string of the molecule is COC(=O)C(Cc1ccccc1)NC(=O)N1CCC2(CCN(C(=O)c3cc(Cl)nc(OC)c3)CC2)C1. The highest BCUT2D eigenvalue weighted by Gasteiger charge is 2.43. The first-order valence-corrected chi connectivity index (χ1v) is 12.4. The Morgan fingerprint density at radius 3 is 2.36 bits per heavy atom. The van der Waals surface area contributed by atoms with Gasteiger partial charge in [-0.15, -0.1) is 0 Å². The van der Waals surface area contributed by atoms with Crippen LogP contribution in [0.15, 0.2) is 42.5 Å². The summed E-state index contributed by atoms with van der Waals surface area (Å²) in [5.41, 5.74) is 1.35. The van der Waals surface area contributed by atoms with Gasteiger partial charge in [0.25, 0.3) is 5.91 Å². The fourth-order valence-electron chi connectivity index (χ4n) is 5.01. The van der Waals surface area contributed by atoms with Crippen LogP contribution in [0.25, 0.3) is 0 Å². The number of hydrogen-bond donors (Lipinski definition) is 1. The molecule has 4 rings (SSSR count). The topological polar surface area (TPSA) is 101 Å². The third kappa shape index (κ3) is 5.90. The van der Waals surface area contributed by atoms with E-state index in [4.69, 9.17) is 21.1 Å². The molecule has 192 valence electrons. The molecule has 3 heterocycles. The molecule has 1 unspecified atom stereocenters. The van der Waals surface area contributed by atoms with E-state index in [2.05, 4.69) is 10.3 Å². The monoisotopic (exact) mass is 514 g/mol.